The Morgan fingerprint density at radius 3 is 1.67 bits per heavy atom. The number of aromatic nitrogens is 2. The van der Waals surface area contributed by atoms with Crippen LogP contribution in [0, 0.1) is 0 Å². The van der Waals surface area contributed by atoms with Crippen LogP contribution >= 0.6 is 0 Å². The molecule has 0 radical (unpaired) electrons. The van der Waals surface area contributed by atoms with Crippen LogP contribution in [-0.2, 0) is 0 Å². The lowest BCUT2D eigenvalue weighted by molar-refractivity contribution is 0.324. The topological polar surface area (TPSA) is 77.7 Å². The Labute approximate surface area is 207 Å². The van der Waals surface area contributed by atoms with E-state index in [1.807, 2.05) is 36.4 Å². The first kappa shape index (κ1) is 22.0. The summed E-state index contributed by atoms with van der Waals surface area (Å²) in [6.07, 6.45) is 0. The summed E-state index contributed by atoms with van der Waals surface area (Å²) in [7, 11) is 8.22. The Kier molecular flexibility index (Phi) is 5.07. The van der Waals surface area contributed by atoms with Gasteiger partial charge in [-0.3, -0.25) is 0 Å². The molecule has 0 bridgehead atoms. The molecule has 2 aromatic heterocycles. The molecule has 0 saturated heterocycles. The van der Waals surface area contributed by atoms with Gasteiger partial charge in [-0.25, -0.2) is 0 Å². The van der Waals surface area contributed by atoms with Crippen molar-refractivity contribution < 1.29 is 23.7 Å². The molecule has 0 aliphatic carbocycles. The fourth-order valence-corrected chi connectivity index (χ4v) is 5.15. The monoisotopic (exact) mass is 482 g/mol. The molecular weight excluding hydrogens is 456 g/mol. The number of H-pyrrole nitrogens is 2. The molecular formula is C29H26N2O5. The molecule has 0 fully saturated rings. The van der Waals surface area contributed by atoms with E-state index in [2.05, 4.69) is 28.2 Å². The molecule has 0 aliphatic rings. The zero-order chi connectivity index (χ0) is 25.0. The Morgan fingerprint density at radius 2 is 1.11 bits per heavy atom. The van der Waals surface area contributed by atoms with Gasteiger partial charge in [0.1, 0.15) is 11.5 Å². The van der Waals surface area contributed by atoms with Gasteiger partial charge in [-0.15, -0.1) is 0 Å². The molecule has 4 aromatic carbocycles. The lowest BCUT2D eigenvalue weighted by Crippen LogP contribution is -1.96. The van der Waals surface area contributed by atoms with Gasteiger partial charge in [0.25, 0.3) is 0 Å². The molecule has 0 saturated carbocycles. The van der Waals surface area contributed by atoms with Gasteiger partial charge in [0, 0.05) is 39.2 Å². The minimum atomic E-state index is 0.558. The van der Waals surface area contributed by atoms with Crippen molar-refractivity contribution in [2.45, 2.75) is 0 Å². The average Bonchev–Trinajstić information content (AvgIpc) is 3.48. The van der Waals surface area contributed by atoms with Crippen molar-refractivity contribution in [2.24, 2.45) is 0 Å². The predicted molar refractivity (Wildman–Crippen MR) is 143 cm³/mol. The van der Waals surface area contributed by atoms with Crippen LogP contribution in [0.5, 0.6) is 28.7 Å². The van der Waals surface area contributed by atoms with E-state index in [1.54, 1.807) is 35.5 Å². The van der Waals surface area contributed by atoms with Crippen LogP contribution in [-0.4, -0.2) is 45.5 Å². The second kappa shape index (κ2) is 8.30. The number of ether oxygens (including phenoxy) is 5. The third-order valence-electron chi connectivity index (χ3n) is 6.82. The Hall–Kier alpha value is -4.52. The maximum absolute atomic E-state index is 5.66. The molecule has 2 N–H and O–H groups in total. The van der Waals surface area contributed by atoms with Crippen LogP contribution in [0.2, 0.25) is 0 Å². The zero-order valence-electron chi connectivity index (χ0n) is 20.7. The molecule has 0 atom stereocenters. The Morgan fingerprint density at radius 1 is 0.528 bits per heavy atom. The minimum Gasteiger partial charge on any atom is -0.497 e. The Bertz CT molecular complexity index is 1750. The van der Waals surface area contributed by atoms with E-state index < -0.39 is 0 Å². The van der Waals surface area contributed by atoms with Gasteiger partial charge in [0.2, 0.25) is 5.75 Å². The van der Waals surface area contributed by atoms with Gasteiger partial charge in [0.15, 0.2) is 11.5 Å². The van der Waals surface area contributed by atoms with E-state index >= 15 is 0 Å². The van der Waals surface area contributed by atoms with Crippen LogP contribution in [0.4, 0.5) is 0 Å². The zero-order valence-corrected chi connectivity index (χ0v) is 20.7. The molecule has 0 aliphatic heterocycles. The quantitative estimate of drug-likeness (QED) is 0.277. The van der Waals surface area contributed by atoms with Crippen LogP contribution in [0.1, 0.15) is 0 Å². The normalized spacial score (nSPS) is 11.5. The number of hydrogen-bond acceptors (Lipinski definition) is 5. The maximum atomic E-state index is 5.66. The van der Waals surface area contributed by atoms with Crippen molar-refractivity contribution in [1.29, 1.82) is 0 Å². The molecule has 0 amide bonds. The summed E-state index contributed by atoms with van der Waals surface area (Å²) in [5, 5.41) is 4.44. The lowest BCUT2D eigenvalue weighted by atomic mass is 9.96. The average molecular weight is 483 g/mol. The predicted octanol–water partition coefficient (Wildman–Crippen LogP) is 6.67. The molecule has 0 unspecified atom stereocenters. The SMILES string of the molecule is COc1ccc2c(c1)[nH]c1c2c(-c2cc(OC)c(OC)c(OC)c2)cc2[nH]c3cc(OC)ccc3c21. The van der Waals surface area contributed by atoms with Crippen molar-refractivity contribution >= 4 is 43.6 Å². The second-order valence-electron chi connectivity index (χ2n) is 8.58. The van der Waals surface area contributed by atoms with Crippen LogP contribution in [0.15, 0.2) is 54.6 Å². The van der Waals surface area contributed by atoms with Gasteiger partial charge in [-0.05, 0) is 53.6 Å². The number of hydrogen-bond donors (Lipinski definition) is 2. The van der Waals surface area contributed by atoms with E-state index in [1.165, 1.54) is 0 Å². The molecule has 7 heteroatoms. The fraction of sp³-hybridized carbons (Fsp3) is 0.172. The molecule has 6 rings (SSSR count). The summed E-state index contributed by atoms with van der Waals surface area (Å²) in [5.74, 6) is 3.35. The largest absolute Gasteiger partial charge is 0.497 e. The highest BCUT2D eigenvalue weighted by Gasteiger charge is 2.21. The van der Waals surface area contributed by atoms with Gasteiger partial charge in [-0.2, -0.15) is 0 Å². The standard InChI is InChI=1S/C29H26N2O5/c1-32-16-7-9-19-21(12-16)30-23-14-20(15-10-24(34-3)29(36-5)25(11-15)35-4)26-18-8-6-17(33-2)13-22(18)31-28(26)27(19)23/h6-14,30-31H,1-5H3. The van der Waals surface area contributed by atoms with Crippen molar-refractivity contribution in [2.75, 3.05) is 35.5 Å². The smallest absolute Gasteiger partial charge is 0.203 e. The van der Waals surface area contributed by atoms with E-state index in [4.69, 9.17) is 23.7 Å². The summed E-state index contributed by atoms with van der Waals surface area (Å²) in [4.78, 5) is 7.26. The van der Waals surface area contributed by atoms with Crippen LogP contribution in [0.25, 0.3) is 54.7 Å². The highest BCUT2D eigenvalue weighted by molar-refractivity contribution is 6.28. The number of benzene rings is 4. The molecule has 182 valence electrons. The number of rotatable bonds is 6. The van der Waals surface area contributed by atoms with E-state index in [9.17, 15) is 0 Å². The first-order valence-corrected chi connectivity index (χ1v) is 11.5. The van der Waals surface area contributed by atoms with Crippen molar-refractivity contribution in [3.05, 3.63) is 54.6 Å². The number of fused-ring (bicyclic) bond motifs is 7. The van der Waals surface area contributed by atoms with Crippen LogP contribution in [0.3, 0.4) is 0 Å². The highest BCUT2D eigenvalue weighted by Crippen LogP contribution is 2.46. The molecule has 7 nitrogen and oxygen atoms in total. The molecule has 36 heavy (non-hydrogen) atoms. The molecule has 0 spiro atoms. The number of aromatic amines is 2. The van der Waals surface area contributed by atoms with E-state index in [0.29, 0.717) is 17.2 Å². The van der Waals surface area contributed by atoms with Crippen molar-refractivity contribution in [3.63, 3.8) is 0 Å². The second-order valence-corrected chi connectivity index (χ2v) is 8.58. The summed E-state index contributed by atoms with van der Waals surface area (Å²) in [5.41, 5.74) is 6.03. The van der Waals surface area contributed by atoms with Crippen molar-refractivity contribution in [3.8, 4) is 39.9 Å². The molecule has 6 aromatic rings. The minimum absolute atomic E-state index is 0.558. The van der Waals surface area contributed by atoms with Crippen molar-refractivity contribution in [1.82, 2.24) is 9.97 Å². The third kappa shape index (κ3) is 3.12. The summed E-state index contributed by atoms with van der Waals surface area (Å²) in [6.45, 7) is 0. The highest BCUT2D eigenvalue weighted by atomic mass is 16.5. The summed E-state index contributed by atoms with van der Waals surface area (Å²) in [6, 6.07) is 18.4. The first-order chi connectivity index (χ1) is 17.6. The summed E-state index contributed by atoms with van der Waals surface area (Å²) >= 11 is 0. The van der Waals surface area contributed by atoms with Gasteiger partial charge in [-0.1, -0.05) is 0 Å². The number of nitrogens with one attached hydrogen (secondary N) is 2. The maximum Gasteiger partial charge on any atom is 0.203 e. The van der Waals surface area contributed by atoms with Gasteiger partial charge < -0.3 is 33.7 Å². The van der Waals surface area contributed by atoms with Crippen LogP contribution < -0.4 is 23.7 Å². The molecule has 2 heterocycles. The van der Waals surface area contributed by atoms with Gasteiger partial charge >= 0.3 is 0 Å². The first-order valence-electron chi connectivity index (χ1n) is 11.5. The fourth-order valence-electron chi connectivity index (χ4n) is 5.15. The van der Waals surface area contributed by atoms with E-state index in [0.717, 1.165) is 66.2 Å². The van der Waals surface area contributed by atoms with E-state index in [-0.39, 0.29) is 0 Å². The summed E-state index contributed by atoms with van der Waals surface area (Å²) < 4.78 is 27.8. The third-order valence-corrected chi connectivity index (χ3v) is 6.82. The lowest BCUT2D eigenvalue weighted by Gasteiger charge is -2.15. The Balaban J connectivity index is 1.78. The van der Waals surface area contributed by atoms with Gasteiger partial charge in [0.05, 0.1) is 52.1 Å². The number of methoxy groups -OCH3 is 5.